The molecule has 104 valence electrons. The summed E-state index contributed by atoms with van der Waals surface area (Å²) < 4.78 is 0. The minimum Gasteiger partial charge on any atom is -0.481 e. The van der Waals surface area contributed by atoms with Crippen LogP contribution in [0.3, 0.4) is 0 Å². The number of benzene rings is 1. The molecule has 0 spiro atoms. The van der Waals surface area contributed by atoms with Gasteiger partial charge in [-0.25, -0.2) is 0 Å². The Bertz CT molecular complexity index is 556. The van der Waals surface area contributed by atoms with Crippen molar-refractivity contribution in [2.24, 2.45) is 0 Å². The molecule has 20 heavy (non-hydrogen) atoms. The van der Waals surface area contributed by atoms with E-state index in [4.69, 9.17) is 10.4 Å². The molecule has 0 saturated carbocycles. The molecule has 0 unspecified atom stereocenters. The van der Waals surface area contributed by atoms with E-state index in [0.29, 0.717) is 0 Å². The van der Waals surface area contributed by atoms with Crippen LogP contribution in [0.2, 0.25) is 0 Å². The molecule has 0 aromatic heterocycles. The van der Waals surface area contributed by atoms with E-state index in [1.165, 1.54) is 6.20 Å². The average Bonchev–Trinajstić information content (AvgIpc) is 2.41. The molecule has 0 atom stereocenters. The predicted molar refractivity (Wildman–Crippen MR) is 73.8 cm³/mol. The largest absolute Gasteiger partial charge is 0.481 e. The second-order valence-electron chi connectivity index (χ2n) is 4.08. The molecule has 1 amide bonds. The number of anilines is 1. The quantitative estimate of drug-likeness (QED) is 0.537. The van der Waals surface area contributed by atoms with Crippen molar-refractivity contribution in [1.82, 2.24) is 5.32 Å². The van der Waals surface area contributed by atoms with Gasteiger partial charge in [0.25, 0.3) is 5.91 Å². The number of hydrogen-bond acceptors (Lipinski definition) is 4. The highest BCUT2D eigenvalue weighted by atomic mass is 16.4. The molecule has 0 aliphatic rings. The van der Waals surface area contributed by atoms with Gasteiger partial charge in [-0.1, -0.05) is 17.7 Å². The summed E-state index contributed by atoms with van der Waals surface area (Å²) in [5.41, 5.74) is 1.74. The van der Waals surface area contributed by atoms with Gasteiger partial charge in [0.05, 0.1) is 6.42 Å². The van der Waals surface area contributed by atoms with Gasteiger partial charge < -0.3 is 15.7 Å². The lowest BCUT2D eigenvalue weighted by atomic mass is 10.2. The van der Waals surface area contributed by atoms with Crippen LogP contribution in [0.15, 0.2) is 36.0 Å². The molecule has 1 aromatic carbocycles. The number of nitrogens with zero attached hydrogens (tertiary/aromatic N) is 1. The van der Waals surface area contributed by atoms with Gasteiger partial charge in [0.15, 0.2) is 0 Å². The minimum atomic E-state index is -1.01. The standard InChI is InChI=1S/C14H15N3O3/c1-10-2-4-12(5-3-10)17-9-11(8-15)14(20)16-7-6-13(18)19/h2-5,9,17H,6-7H2,1H3,(H,16,20)(H,18,19)/b11-9-. The van der Waals surface area contributed by atoms with Gasteiger partial charge in [0.2, 0.25) is 0 Å². The summed E-state index contributed by atoms with van der Waals surface area (Å²) in [4.78, 5) is 21.9. The van der Waals surface area contributed by atoms with Gasteiger partial charge >= 0.3 is 5.97 Å². The number of carbonyl (C=O) groups excluding carboxylic acids is 1. The van der Waals surface area contributed by atoms with E-state index in [0.717, 1.165) is 11.3 Å². The highest BCUT2D eigenvalue weighted by molar-refractivity contribution is 5.97. The third-order valence-corrected chi connectivity index (χ3v) is 2.42. The molecule has 0 radical (unpaired) electrons. The van der Waals surface area contributed by atoms with Crippen molar-refractivity contribution in [3.05, 3.63) is 41.6 Å². The van der Waals surface area contributed by atoms with Gasteiger partial charge in [0.1, 0.15) is 11.6 Å². The van der Waals surface area contributed by atoms with Crippen molar-refractivity contribution in [3.63, 3.8) is 0 Å². The Hall–Kier alpha value is -2.81. The second-order valence-corrected chi connectivity index (χ2v) is 4.08. The van der Waals surface area contributed by atoms with Crippen LogP contribution in [0.1, 0.15) is 12.0 Å². The van der Waals surface area contributed by atoms with Crippen LogP contribution >= 0.6 is 0 Å². The number of amides is 1. The average molecular weight is 273 g/mol. The lowest BCUT2D eigenvalue weighted by Gasteiger charge is -2.04. The Morgan fingerprint density at radius 1 is 1.35 bits per heavy atom. The number of aryl methyl sites for hydroxylation is 1. The fourth-order valence-electron chi connectivity index (χ4n) is 1.33. The van der Waals surface area contributed by atoms with Crippen molar-refractivity contribution in [3.8, 4) is 6.07 Å². The maximum absolute atomic E-state index is 11.6. The molecule has 6 heteroatoms. The summed E-state index contributed by atoms with van der Waals surface area (Å²) in [6.07, 6.45) is 1.11. The van der Waals surface area contributed by atoms with Crippen LogP contribution in [0.4, 0.5) is 5.69 Å². The molecule has 1 aromatic rings. The van der Waals surface area contributed by atoms with Crippen molar-refractivity contribution in [1.29, 1.82) is 5.26 Å². The number of carboxylic acids is 1. The van der Waals surface area contributed by atoms with Crippen LogP contribution < -0.4 is 10.6 Å². The third-order valence-electron chi connectivity index (χ3n) is 2.42. The zero-order valence-electron chi connectivity index (χ0n) is 11.0. The molecular weight excluding hydrogens is 258 g/mol. The number of carboxylic acid groups (broad SMARTS) is 1. The van der Waals surface area contributed by atoms with Gasteiger partial charge in [-0.05, 0) is 19.1 Å². The van der Waals surface area contributed by atoms with Crippen molar-refractivity contribution < 1.29 is 14.7 Å². The zero-order valence-corrected chi connectivity index (χ0v) is 11.0. The van der Waals surface area contributed by atoms with Gasteiger partial charge in [-0.15, -0.1) is 0 Å². The number of nitrogens with one attached hydrogen (secondary N) is 2. The highest BCUT2D eigenvalue weighted by Crippen LogP contribution is 2.09. The van der Waals surface area contributed by atoms with E-state index in [-0.39, 0.29) is 18.5 Å². The molecule has 0 bridgehead atoms. The third kappa shape index (κ3) is 5.23. The molecule has 0 aliphatic heterocycles. The number of rotatable bonds is 6. The van der Waals surface area contributed by atoms with Crippen LogP contribution in [-0.2, 0) is 9.59 Å². The first kappa shape index (κ1) is 15.2. The highest BCUT2D eigenvalue weighted by Gasteiger charge is 2.08. The van der Waals surface area contributed by atoms with Crippen LogP contribution in [0, 0.1) is 18.3 Å². The van der Waals surface area contributed by atoms with Crippen molar-refractivity contribution in [2.45, 2.75) is 13.3 Å². The smallest absolute Gasteiger partial charge is 0.305 e. The molecular formula is C14H15N3O3. The Morgan fingerprint density at radius 2 is 2.00 bits per heavy atom. The lowest BCUT2D eigenvalue weighted by Crippen LogP contribution is -2.27. The Labute approximate surface area is 116 Å². The van der Waals surface area contributed by atoms with Gasteiger partial charge in [-0.2, -0.15) is 5.26 Å². The van der Waals surface area contributed by atoms with Crippen molar-refractivity contribution >= 4 is 17.6 Å². The Kier molecular flexibility index (Phi) is 5.78. The molecule has 0 fully saturated rings. The van der Waals surface area contributed by atoms with Gasteiger partial charge in [0, 0.05) is 18.4 Å². The number of aliphatic carboxylic acids is 1. The van der Waals surface area contributed by atoms with Crippen LogP contribution in [0.5, 0.6) is 0 Å². The number of nitriles is 1. The van der Waals surface area contributed by atoms with Crippen LogP contribution in [0.25, 0.3) is 0 Å². The van der Waals surface area contributed by atoms with E-state index in [1.54, 1.807) is 6.07 Å². The summed E-state index contributed by atoms with van der Waals surface area (Å²) >= 11 is 0. The monoisotopic (exact) mass is 273 g/mol. The SMILES string of the molecule is Cc1ccc(N/C=C(/C#N)C(=O)NCCC(=O)O)cc1. The second kappa shape index (κ2) is 7.59. The summed E-state index contributed by atoms with van der Waals surface area (Å²) in [7, 11) is 0. The summed E-state index contributed by atoms with van der Waals surface area (Å²) in [5.74, 6) is -1.61. The summed E-state index contributed by atoms with van der Waals surface area (Å²) in [6.45, 7) is 1.94. The minimum absolute atomic E-state index is 0.0162. The number of hydrogen-bond donors (Lipinski definition) is 3. The molecule has 0 heterocycles. The maximum Gasteiger partial charge on any atom is 0.305 e. The van der Waals surface area contributed by atoms with E-state index in [2.05, 4.69) is 10.6 Å². The fraction of sp³-hybridized carbons (Fsp3) is 0.214. The van der Waals surface area contributed by atoms with E-state index < -0.39 is 11.9 Å². The maximum atomic E-state index is 11.6. The molecule has 6 nitrogen and oxygen atoms in total. The molecule has 0 aliphatic carbocycles. The van der Waals surface area contributed by atoms with E-state index >= 15 is 0 Å². The Balaban J connectivity index is 2.58. The summed E-state index contributed by atoms with van der Waals surface area (Å²) in [5, 5.41) is 22.5. The summed E-state index contributed by atoms with van der Waals surface area (Å²) in [6, 6.07) is 9.20. The van der Waals surface area contributed by atoms with E-state index in [1.807, 2.05) is 31.2 Å². The first-order valence-corrected chi connectivity index (χ1v) is 5.96. The molecule has 3 N–H and O–H groups in total. The zero-order chi connectivity index (χ0) is 15.0. The van der Waals surface area contributed by atoms with Gasteiger partial charge in [-0.3, -0.25) is 9.59 Å². The van der Waals surface area contributed by atoms with Crippen molar-refractivity contribution in [2.75, 3.05) is 11.9 Å². The molecule has 1 rings (SSSR count). The predicted octanol–water partition coefficient (Wildman–Crippen LogP) is 1.41. The Morgan fingerprint density at radius 3 is 2.55 bits per heavy atom. The topological polar surface area (TPSA) is 102 Å². The van der Waals surface area contributed by atoms with E-state index in [9.17, 15) is 9.59 Å². The first-order chi connectivity index (χ1) is 9.52. The fourth-order valence-corrected chi connectivity index (χ4v) is 1.33. The lowest BCUT2D eigenvalue weighted by molar-refractivity contribution is -0.136. The first-order valence-electron chi connectivity index (χ1n) is 5.96. The normalized spacial score (nSPS) is 10.5. The molecule has 0 saturated heterocycles. The number of carbonyl (C=O) groups is 2. The van der Waals surface area contributed by atoms with Crippen LogP contribution in [-0.4, -0.2) is 23.5 Å².